The molecule has 0 fully saturated rings. The minimum absolute atomic E-state index is 0.0375. The van der Waals surface area contributed by atoms with Gasteiger partial charge in [-0.1, -0.05) is 60.4 Å². The van der Waals surface area contributed by atoms with Crippen molar-refractivity contribution in [3.8, 4) is 11.3 Å². The van der Waals surface area contributed by atoms with Gasteiger partial charge in [0, 0.05) is 17.8 Å². The predicted molar refractivity (Wildman–Crippen MR) is 105 cm³/mol. The van der Waals surface area contributed by atoms with Crippen LogP contribution in [0.4, 0.5) is 5.13 Å². The number of benzene rings is 1. The fourth-order valence-corrected chi connectivity index (χ4v) is 5.27. The fraction of sp³-hybridized carbons (Fsp3) is 0.312. The molecule has 3 aromatic rings. The number of hydrogen-bond donors (Lipinski definition) is 1. The number of aromatic nitrogens is 4. The van der Waals surface area contributed by atoms with Gasteiger partial charge in [-0.05, 0) is 19.6 Å². The molecule has 138 valence electrons. The van der Waals surface area contributed by atoms with E-state index in [9.17, 15) is 8.42 Å². The highest BCUT2D eigenvalue weighted by Crippen LogP contribution is 2.31. The van der Waals surface area contributed by atoms with Crippen LogP contribution >= 0.6 is 23.1 Å². The van der Waals surface area contributed by atoms with Crippen molar-refractivity contribution in [1.82, 2.24) is 20.0 Å². The zero-order valence-electron chi connectivity index (χ0n) is 14.6. The first-order valence-electron chi connectivity index (χ1n) is 8.04. The molecule has 0 saturated carbocycles. The number of sulfonamides is 1. The summed E-state index contributed by atoms with van der Waals surface area (Å²) >= 11 is 2.74. The largest absolute Gasteiger partial charge is 0.268 e. The van der Waals surface area contributed by atoms with Gasteiger partial charge < -0.3 is 0 Å². The van der Waals surface area contributed by atoms with E-state index in [0.29, 0.717) is 5.69 Å². The Morgan fingerprint density at radius 2 is 1.96 bits per heavy atom. The van der Waals surface area contributed by atoms with Gasteiger partial charge in [0.25, 0.3) is 10.0 Å². The van der Waals surface area contributed by atoms with Gasteiger partial charge in [0.2, 0.25) is 5.13 Å². The smallest absolute Gasteiger partial charge is 0.267 e. The summed E-state index contributed by atoms with van der Waals surface area (Å²) in [6.45, 7) is 5.90. The summed E-state index contributed by atoms with van der Waals surface area (Å²) < 4.78 is 30.8. The van der Waals surface area contributed by atoms with Gasteiger partial charge in [0.1, 0.15) is 10.6 Å². The molecule has 0 aliphatic heterocycles. The normalized spacial score (nSPS) is 11.8. The predicted octanol–water partition coefficient (Wildman–Crippen LogP) is 3.90. The van der Waals surface area contributed by atoms with Gasteiger partial charge in [0.15, 0.2) is 4.34 Å². The van der Waals surface area contributed by atoms with E-state index >= 15 is 0 Å². The van der Waals surface area contributed by atoms with Gasteiger partial charge in [-0.2, -0.15) is 5.10 Å². The van der Waals surface area contributed by atoms with Crippen LogP contribution in [-0.4, -0.2) is 34.1 Å². The van der Waals surface area contributed by atoms with Crippen molar-refractivity contribution in [2.75, 3.05) is 10.5 Å². The van der Waals surface area contributed by atoms with Crippen LogP contribution in [0.3, 0.4) is 0 Å². The molecule has 2 aromatic heterocycles. The number of rotatable bonds is 7. The van der Waals surface area contributed by atoms with Crippen molar-refractivity contribution in [3.05, 3.63) is 36.5 Å². The summed E-state index contributed by atoms with van der Waals surface area (Å²) in [6, 6.07) is 9.30. The van der Waals surface area contributed by atoms with Crippen molar-refractivity contribution in [2.45, 2.75) is 36.0 Å². The van der Waals surface area contributed by atoms with Crippen LogP contribution in [0, 0.1) is 0 Å². The molecule has 3 rings (SSSR count). The maximum Gasteiger partial charge on any atom is 0.267 e. The SMILES string of the molecule is CCSc1nnc(NS(=O)(=O)c2cn(C(C)C)nc2-c2ccccc2)s1. The second kappa shape index (κ2) is 7.77. The molecule has 1 aromatic carbocycles. The molecule has 0 radical (unpaired) electrons. The van der Waals surface area contributed by atoms with E-state index in [2.05, 4.69) is 20.0 Å². The van der Waals surface area contributed by atoms with Gasteiger partial charge >= 0.3 is 0 Å². The number of hydrogen-bond acceptors (Lipinski definition) is 7. The van der Waals surface area contributed by atoms with E-state index in [1.807, 2.05) is 51.1 Å². The minimum Gasteiger partial charge on any atom is -0.268 e. The average molecular weight is 410 g/mol. The van der Waals surface area contributed by atoms with Crippen molar-refractivity contribution < 1.29 is 8.42 Å². The lowest BCUT2D eigenvalue weighted by Gasteiger charge is -2.04. The van der Waals surface area contributed by atoms with Gasteiger partial charge in [-0.15, -0.1) is 10.2 Å². The van der Waals surface area contributed by atoms with Crippen LogP contribution in [0.2, 0.25) is 0 Å². The molecule has 10 heteroatoms. The summed E-state index contributed by atoms with van der Waals surface area (Å²) in [4.78, 5) is 0.122. The molecule has 0 unspecified atom stereocenters. The van der Waals surface area contributed by atoms with Crippen LogP contribution in [0.5, 0.6) is 0 Å². The van der Waals surface area contributed by atoms with E-state index < -0.39 is 10.0 Å². The lowest BCUT2D eigenvalue weighted by atomic mass is 10.2. The first kappa shape index (κ1) is 18.9. The lowest BCUT2D eigenvalue weighted by Crippen LogP contribution is -2.13. The Morgan fingerprint density at radius 1 is 1.23 bits per heavy atom. The quantitative estimate of drug-likeness (QED) is 0.595. The zero-order valence-corrected chi connectivity index (χ0v) is 17.0. The molecule has 2 heterocycles. The van der Waals surface area contributed by atoms with E-state index in [1.54, 1.807) is 10.9 Å². The Bertz CT molecular complexity index is 980. The monoisotopic (exact) mass is 409 g/mol. The second-order valence-corrected chi connectivity index (χ2v) is 9.83. The number of thioether (sulfide) groups is 1. The highest BCUT2D eigenvalue weighted by atomic mass is 32.2. The van der Waals surface area contributed by atoms with Gasteiger partial charge in [-0.25, -0.2) is 8.42 Å². The molecule has 0 aliphatic carbocycles. The van der Waals surface area contributed by atoms with Gasteiger partial charge in [0.05, 0.1) is 0 Å². The van der Waals surface area contributed by atoms with Crippen LogP contribution < -0.4 is 4.72 Å². The Morgan fingerprint density at radius 3 is 2.62 bits per heavy atom. The zero-order chi connectivity index (χ0) is 18.7. The summed E-state index contributed by atoms with van der Waals surface area (Å²) in [5.41, 5.74) is 1.16. The summed E-state index contributed by atoms with van der Waals surface area (Å²) in [5.74, 6) is 0.848. The minimum atomic E-state index is -3.84. The third-order valence-corrected chi connectivity index (χ3v) is 6.78. The highest BCUT2D eigenvalue weighted by molar-refractivity contribution is 8.01. The summed E-state index contributed by atoms with van der Waals surface area (Å²) in [5, 5.41) is 12.6. The topological polar surface area (TPSA) is 89.8 Å². The van der Waals surface area contributed by atoms with Crippen molar-refractivity contribution in [3.63, 3.8) is 0 Å². The van der Waals surface area contributed by atoms with Crippen LogP contribution in [0.15, 0.2) is 45.8 Å². The molecule has 0 bridgehead atoms. The molecular formula is C16H19N5O2S3. The molecule has 0 aliphatic rings. The molecule has 26 heavy (non-hydrogen) atoms. The third kappa shape index (κ3) is 4.08. The third-order valence-electron chi connectivity index (χ3n) is 3.46. The molecule has 0 atom stereocenters. The Hall–Kier alpha value is -1.91. The van der Waals surface area contributed by atoms with Crippen LogP contribution in [0.1, 0.15) is 26.8 Å². The Labute approximate surface area is 160 Å². The molecule has 0 spiro atoms. The highest BCUT2D eigenvalue weighted by Gasteiger charge is 2.25. The number of nitrogens with one attached hydrogen (secondary N) is 1. The summed E-state index contributed by atoms with van der Waals surface area (Å²) in [7, 11) is -3.84. The maximum absolute atomic E-state index is 13.0. The first-order chi connectivity index (χ1) is 12.4. The second-order valence-electron chi connectivity index (χ2n) is 5.69. The Kier molecular flexibility index (Phi) is 5.64. The molecule has 1 N–H and O–H groups in total. The van der Waals surface area contributed by atoms with E-state index in [4.69, 9.17) is 0 Å². The standard InChI is InChI=1S/C16H19N5O2S3/c1-4-24-16-18-17-15(25-16)20-26(22,23)13-10-21(11(2)3)19-14(13)12-8-6-5-7-9-12/h5-11H,4H2,1-3H3,(H,17,20). The molecule has 7 nitrogen and oxygen atoms in total. The molecule has 0 amide bonds. The average Bonchev–Trinajstić information content (AvgIpc) is 3.23. The van der Waals surface area contributed by atoms with E-state index in [-0.39, 0.29) is 16.1 Å². The molecular weight excluding hydrogens is 390 g/mol. The van der Waals surface area contributed by atoms with Gasteiger partial charge in [-0.3, -0.25) is 9.40 Å². The molecule has 0 saturated heterocycles. The van der Waals surface area contributed by atoms with Crippen molar-refractivity contribution in [2.24, 2.45) is 0 Å². The van der Waals surface area contributed by atoms with E-state index in [1.165, 1.54) is 23.1 Å². The lowest BCUT2D eigenvalue weighted by molar-refractivity contribution is 0.532. The maximum atomic E-state index is 13.0. The summed E-state index contributed by atoms with van der Waals surface area (Å²) in [6.07, 6.45) is 1.55. The van der Waals surface area contributed by atoms with Crippen molar-refractivity contribution in [1.29, 1.82) is 0 Å². The van der Waals surface area contributed by atoms with Crippen molar-refractivity contribution >= 4 is 38.3 Å². The van der Waals surface area contributed by atoms with Crippen LogP contribution in [-0.2, 0) is 10.0 Å². The Balaban J connectivity index is 2.00. The number of nitrogens with zero attached hydrogens (tertiary/aromatic N) is 4. The number of anilines is 1. The fourth-order valence-electron chi connectivity index (χ4n) is 2.23. The van der Waals surface area contributed by atoms with E-state index in [0.717, 1.165) is 15.7 Å². The first-order valence-corrected chi connectivity index (χ1v) is 11.3. The van der Waals surface area contributed by atoms with Crippen LogP contribution in [0.25, 0.3) is 11.3 Å².